The first-order chi connectivity index (χ1) is 13.8. The maximum Gasteiger partial charge on any atom is 0.239 e. The van der Waals surface area contributed by atoms with Crippen molar-refractivity contribution in [1.29, 1.82) is 0 Å². The van der Waals surface area contributed by atoms with Gasteiger partial charge in [-0.05, 0) is 94.7 Å². The SMILES string of the molecule is CC(C)Oc1cccc(C(C)NC(=O)CNC(=O)C23CC4CC(CC(C4)C2)C3)c1. The molecule has 0 heterocycles. The smallest absolute Gasteiger partial charge is 0.239 e. The van der Waals surface area contributed by atoms with E-state index in [0.29, 0.717) is 0 Å². The van der Waals surface area contributed by atoms with E-state index in [1.807, 2.05) is 45.0 Å². The zero-order valence-electron chi connectivity index (χ0n) is 17.9. The van der Waals surface area contributed by atoms with Crippen LogP contribution in [0.1, 0.15) is 70.9 Å². The van der Waals surface area contributed by atoms with E-state index >= 15 is 0 Å². The van der Waals surface area contributed by atoms with Gasteiger partial charge in [-0.2, -0.15) is 0 Å². The van der Waals surface area contributed by atoms with E-state index in [1.54, 1.807) is 0 Å². The Labute approximate surface area is 174 Å². The zero-order chi connectivity index (χ0) is 20.6. The summed E-state index contributed by atoms with van der Waals surface area (Å²) in [5.41, 5.74) is 0.785. The minimum atomic E-state index is -0.205. The Balaban J connectivity index is 1.29. The van der Waals surface area contributed by atoms with Gasteiger partial charge in [0.1, 0.15) is 5.75 Å². The van der Waals surface area contributed by atoms with Gasteiger partial charge in [0.2, 0.25) is 11.8 Å². The van der Waals surface area contributed by atoms with Crippen LogP contribution in [0.3, 0.4) is 0 Å². The van der Waals surface area contributed by atoms with E-state index in [-0.39, 0.29) is 35.9 Å². The molecule has 4 aliphatic rings. The van der Waals surface area contributed by atoms with Crippen molar-refractivity contribution in [2.75, 3.05) is 6.54 Å². The minimum absolute atomic E-state index is 0.0487. The number of benzene rings is 1. The van der Waals surface area contributed by atoms with Crippen molar-refractivity contribution < 1.29 is 14.3 Å². The molecule has 0 aliphatic heterocycles. The molecule has 0 saturated heterocycles. The van der Waals surface area contributed by atoms with Crippen LogP contribution in [0.2, 0.25) is 0 Å². The second kappa shape index (κ2) is 8.00. The first kappa shape index (κ1) is 20.2. The predicted molar refractivity (Wildman–Crippen MR) is 112 cm³/mol. The lowest BCUT2D eigenvalue weighted by molar-refractivity contribution is -0.147. The molecule has 4 saturated carbocycles. The van der Waals surface area contributed by atoms with Crippen LogP contribution >= 0.6 is 0 Å². The van der Waals surface area contributed by atoms with Gasteiger partial charge in [0.15, 0.2) is 0 Å². The van der Waals surface area contributed by atoms with Crippen molar-refractivity contribution in [1.82, 2.24) is 10.6 Å². The number of nitrogens with one attached hydrogen (secondary N) is 2. The van der Waals surface area contributed by atoms with E-state index in [2.05, 4.69) is 10.6 Å². The zero-order valence-corrected chi connectivity index (χ0v) is 17.9. The van der Waals surface area contributed by atoms with Crippen molar-refractivity contribution in [3.05, 3.63) is 29.8 Å². The summed E-state index contributed by atoms with van der Waals surface area (Å²) in [6.45, 7) is 5.98. The van der Waals surface area contributed by atoms with Gasteiger partial charge >= 0.3 is 0 Å². The molecule has 5 rings (SSSR count). The molecule has 1 aromatic rings. The lowest BCUT2D eigenvalue weighted by Crippen LogP contribution is -2.54. The molecule has 0 radical (unpaired) electrons. The van der Waals surface area contributed by atoms with Gasteiger partial charge in [0.05, 0.1) is 18.7 Å². The molecule has 1 unspecified atom stereocenters. The van der Waals surface area contributed by atoms with Gasteiger partial charge in [-0.1, -0.05) is 12.1 Å². The third kappa shape index (κ3) is 4.44. The number of carbonyl (C=O) groups excluding carboxylic acids is 2. The molecule has 0 spiro atoms. The summed E-state index contributed by atoms with van der Waals surface area (Å²) in [6.07, 6.45) is 7.09. The fourth-order valence-corrected chi connectivity index (χ4v) is 6.24. The molecule has 1 atom stereocenters. The number of ether oxygens (including phenoxy) is 1. The molecule has 2 amide bonds. The minimum Gasteiger partial charge on any atom is -0.491 e. The van der Waals surface area contributed by atoms with E-state index in [9.17, 15) is 9.59 Å². The van der Waals surface area contributed by atoms with Gasteiger partial charge < -0.3 is 15.4 Å². The highest BCUT2D eigenvalue weighted by Crippen LogP contribution is 2.60. The Morgan fingerprint density at radius 1 is 1.07 bits per heavy atom. The Morgan fingerprint density at radius 3 is 2.28 bits per heavy atom. The van der Waals surface area contributed by atoms with Crippen molar-refractivity contribution in [2.45, 2.75) is 71.4 Å². The number of hydrogen-bond donors (Lipinski definition) is 2. The lowest BCUT2D eigenvalue weighted by atomic mass is 9.49. The van der Waals surface area contributed by atoms with E-state index < -0.39 is 0 Å². The summed E-state index contributed by atoms with van der Waals surface area (Å²) in [5, 5.41) is 5.95. The maximum absolute atomic E-state index is 13.0. The lowest BCUT2D eigenvalue weighted by Gasteiger charge is -2.55. The van der Waals surface area contributed by atoms with Gasteiger partial charge in [0.25, 0.3) is 0 Å². The number of rotatable bonds is 7. The highest BCUT2D eigenvalue weighted by molar-refractivity contribution is 5.88. The molecule has 5 heteroatoms. The maximum atomic E-state index is 13.0. The fraction of sp³-hybridized carbons (Fsp3) is 0.667. The van der Waals surface area contributed by atoms with Crippen LogP contribution in [0.4, 0.5) is 0 Å². The third-order valence-corrected chi connectivity index (χ3v) is 7.04. The molecule has 4 bridgehead atoms. The summed E-state index contributed by atoms with van der Waals surface area (Å²) in [6, 6.07) is 7.65. The van der Waals surface area contributed by atoms with Crippen molar-refractivity contribution in [3.8, 4) is 5.75 Å². The van der Waals surface area contributed by atoms with Crippen LogP contribution in [-0.4, -0.2) is 24.5 Å². The molecule has 2 N–H and O–H groups in total. The molecule has 5 nitrogen and oxygen atoms in total. The molecular weight excluding hydrogens is 364 g/mol. The highest BCUT2D eigenvalue weighted by Gasteiger charge is 2.54. The number of carbonyl (C=O) groups is 2. The predicted octanol–water partition coefficient (Wildman–Crippen LogP) is 3.98. The van der Waals surface area contributed by atoms with Crippen LogP contribution in [0, 0.1) is 23.2 Å². The van der Waals surface area contributed by atoms with Crippen LogP contribution in [0.15, 0.2) is 24.3 Å². The van der Waals surface area contributed by atoms with Crippen molar-refractivity contribution in [2.24, 2.45) is 23.2 Å². The normalized spacial score (nSPS) is 30.8. The first-order valence-electron chi connectivity index (χ1n) is 11.2. The molecule has 0 aromatic heterocycles. The molecule has 1 aromatic carbocycles. The summed E-state index contributed by atoms with van der Waals surface area (Å²) in [7, 11) is 0. The van der Waals surface area contributed by atoms with Gasteiger partial charge in [-0.3, -0.25) is 9.59 Å². The van der Waals surface area contributed by atoms with E-state index in [4.69, 9.17) is 4.74 Å². The average molecular weight is 399 g/mol. The van der Waals surface area contributed by atoms with Crippen molar-refractivity contribution >= 4 is 11.8 Å². The first-order valence-corrected chi connectivity index (χ1v) is 11.2. The number of hydrogen-bond acceptors (Lipinski definition) is 3. The molecule has 4 fully saturated rings. The van der Waals surface area contributed by atoms with Gasteiger partial charge in [0, 0.05) is 5.41 Å². The molecule has 29 heavy (non-hydrogen) atoms. The Bertz CT molecular complexity index is 738. The van der Waals surface area contributed by atoms with Crippen LogP contribution in [0.5, 0.6) is 5.75 Å². The van der Waals surface area contributed by atoms with E-state index in [0.717, 1.165) is 48.3 Å². The second-order valence-electron chi connectivity index (χ2n) is 9.91. The summed E-state index contributed by atoms with van der Waals surface area (Å²) in [5.74, 6) is 2.93. The Kier molecular flexibility index (Phi) is 5.58. The molecule has 158 valence electrons. The second-order valence-corrected chi connectivity index (χ2v) is 9.91. The largest absolute Gasteiger partial charge is 0.491 e. The van der Waals surface area contributed by atoms with Crippen LogP contribution < -0.4 is 15.4 Å². The Morgan fingerprint density at radius 2 is 1.69 bits per heavy atom. The average Bonchev–Trinajstić information content (AvgIpc) is 2.64. The topological polar surface area (TPSA) is 67.4 Å². The Hall–Kier alpha value is -2.04. The van der Waals surface area contributed by atoms with Crippen molar-refractivity contribution in [3.63, 3.8) is 0 Å². The molecule has 4 aliphatic carbocycles. The molecular formula is C24H34N2O3. The standard InChI is InChI=1S/C24H34N2O3/c1-15(2)29-21-6-4-5-20(10-21)16(3)26-22(27)14-25-23(28)24-11-17-7-18(12-24)9-19(8-17)13-24/h4-6,10,15-19H,7-9,11-14H2,1-3H3,(H,25,28)(H,26,27). The van der Waals surface area contributed by atoms with Gasteiger partial charge in [-0.25, -0.2) is 0 Å². The highest BCUT2D eigenvalue weighted by atomic mass is 16.5. The van der Waals surface area contributed by atoms with Gasteiger partial charge in [-0.15, -0.1) is 0 Å². The monoisotopic (exact) mass is 398 g/mol. The summed E-state index contributed by atoms with van der Waals surface area (Å²) < 4.78 is 5.74. The summed E-state index contributed by atoms with van der Waals surface area (Å²) in [4.78, 5) is 25.5. The number of amides is 2. The van der Waals surface area contributed by atoms with Crippen LogP contribution in [0.25, 0.3) is 0 Å². The van der Waals surface area contributed by atoms with Crippen LogP contribution in [-0.2, 0) is 9.59 Å². The fourth-order valence-electron chi connectivity index (χ4n) is 6.24. The quantitative estimate of drug-likeness (QED) is 0.730. The third-order valence-electron chi connectivity index (χ3n) is 7.04. The summed E-state index contributed by atoms with van der Waals surface area (Å²) >= 11 is 0. The van der Waals surface area contributed by atoms with E-state index in [1.165, 1.54) is 19.3 Å².